The molecule has 1 rings (SSSR count). The highest BCUT2D eigenvalue weighted by molar-refractivity contribution is 5.65. The maximum absolute atomic E-state index is 10.8. The van der Waals surface area contributed by atoms with Gasteiger partial charge in [0.15, 0.2) is 0 Å². The fraction of sp³-hybridized carbons (Fsp3) is 0.353. The van der Waals surface area contributed by atoms with Crippen LogP contribution in [0, 0.1) is 5.92 Å². The third-order valence-corrected chi connectivity index (χ3v) is 3.09. The Labute approximate surface area is 110 Å². The molecule has 1 unspecified atom stereocenters. The van der Waals surface area contributed by atoms with Crippen molar-refractivity contribution in [3.8, 4) is 0 Å². The smallest absolute Gasteiger partial charge is 0.123 e. The van der Waals surface area contributed by atoms with E-state index in [1.54, 1.807) is 0 Å². The molecule has 0 bridgehead atoms. The minimum Gasteiger partial charge on any atom is -0.303 e. The van der Waals surface area contributed by atoms with Crippen molar-refractivity contribution in [3.63, 3.8) is 0 Å². The first-order chi connectivity index (χ1) is 8.56. The number of hydrogen-bond donors (Lipinski definition) is 0. The fourth-order valence-corrected chi connectivity index (χ4v) is 1.94. The summed E-state index contributed by atoms with van der Waals surface area (Å²) >= 11 is 0. The molecule has 1 nitrogen and oxygen atoms in total. The van der Waals surface area contributed by atoms with E-state index in [-0.39, 0.29) is 5.92 Å². The van der Waals surface area contributed by atoms with Crippen molar-refractivity contribution in [2.24, 2.45) is 5.92 Å². The molecule has 0 aliphatic rings. The van der Waals surface area contributed by atoms with Gasteiger partial charge in [-0.05, 0) is 43.9 Å². The average molecular weight is 242 g/mol. The maximum Gasteiger partial charge on any atom is 0.123 e. The number of rotatable bonds is 6. The van der Waals surface area contributed by atoms with Crippen LogP contribution in [0.5, 0.6) is 0 Å². The quantitative estimate of drug-likeness (QED) is 0.659. The van der Waals surface area contributed by atoms with Crippen LogP contribution in [0.15, 0.2) is 36.4 Å². The van der Waals surface area contributed by atoms with Crippen LogP contribution in [-0.2, 0) is 4.79 Å². The molecule has 0 aliphatic heterocycles. The first-order valence-electron chi connectivity index (χ1n) is 6.45. The molecule has 0 saturated carbocycles. The molecule has 0 radical (unpaired) electrons. The Bertz CT molecular complexity index is 454. The topological polar surface area (TPSA) is 17.1 Å². The molecule has 0 aliphatic carbocycles. The molecular weight excluding hydrogens is 220 g/mol. The standard InChI is InChI=1S/C17H22O/c1-5-15(12-18)9-14(4)10-16-7-6-8-17(11-16)13(2)3/h6-8,10-12,15H,2,5,9H2,1,3-4H3. The van der Waals surface area contributed by atoms with E-state index in [1.165, 1.54) is 16.7 Å². The predicted octanol–water partition coefficient (Wildman–Crippen LogP) is 4.74. The Balaban J connectivity index is 2.84. The summed E-state index contributed by atoms with van der Waals surface area (Å²) in [6.07, 6.45) is 4.96. The molecule has 0 spiro atoms. The Kier molecular flexibility index (Phi) is 5.57. The van der Waals surface area contributed by atoms with Gasteiger partial charge in [0.25, 0.3) is 0 Å². The number of aldehydes is 1. The summed E-state index contributed by atoms with van der Waals surface area (Å²) in [5.74, 6) is 0.144. The van der Waals surface area contributed by atoms with Gasteiger partial charge in [0, 0.05) is 5.92 Å². The molecule has 1 aromatic carbocycles. The zero-order chi connectivity index (χ0) is 13.5. The first kappa shape index (κ1) is 14.4. The molecule has 1 atom stereocenters. The average Bonchev–Trinajstić information content (AvgIpc) is 2.36. The zero-order valence-corrected chi connectivity index (χ0v) is 11.6. The molecule has 0 saturated heterocycles. The van der Waals surface area contributed by atoms with E-state index in [4.69, 9.17) is 0 Å². The summed E-state index contributed by atoms with van der Waals surface area (Å²) in [5, 5.41) is 0. The summed E-state index contributed by atoms with van der Waals surface area (Å²) < 4.78 is 0. The molecule has 0 heterocycles. The molecule has 1 aromatic rings. The lowest BCUT2D eigenvalue weighted by atomic mass is 9.97. The van der Waals surface area contributed by atoms with Crippen LogP contribution in [-0.4, -0.2) is 6.29 Å². The minimum absolute atomic E-state index is 0.144. The summed E-state index contributed by atoms with van der Waals surface area (Å²) in [6, 6.07) is 8.32. The SMILES string of the molecule is C=C(C)c1cccc(C=C(C)CC(C=O)CC)c1. The molecule has 1 heteroatoms. The van der Waals surface area contributed by atoms with Gasteiger partial charge < -0.3 is 4.79 Å². The van der Waals surface area contributed by atoms with Crippen LogP contribution in [0.1, 0.15) is 44.7 Å². The third-order valence-electron chi connectivity index (χ3n) is 3.09. The predicted molar refractivity (Wildman–Crippen MR) is 79.3 cm³/mol. The molecular formula is C17H22O. The second kappa shape index (κ2) is 6.95. The van der Waals surface area contributed by atoms with E-state index in [9.17, 15) is 4.79 Å². The summed E-state index contributed by atoms with van der Waals surface area (Å²) in [6.45, 7) is 10.1. The van der Waals surface area contributed by atoms with Crippen molar-refractivity contribution in [3.05, 3.63) is 47.5 Å². The lowest BCUT2D eigenvalue weighted by Gasteiger charge is -2.08. The van der Waals surface area contributed by atoms with E-state index in [0.717, 1.165) is 24.7 Å². The highest BCUT2D eigenvalue weighted by atomic mass is 16.1. The third kappa shape index (κ3) is 4.33. The Morgan fingerprint density at radius 1 is 1.39 bits per heavy atom. The molecule has 0 N–H and O–H groups in total. The lowest BCUT2D eigenvalue weighted by molar-refractivity contribution is -0.111. The Morgan fingerprint density at radius 3 is 2.67 bits per heavy atom. The number of allylic oxidation sites excluding steroid dienone is 2. The van der Waals surface area contributed by atoms with Crippen molar-refractivity contribution in [1.82, 2.24) is 0 Å². The van der Waals surface area contributed by atoms with E-state index >= 15 is 0 Å². The second-order valence-electron chi connectivity index (χ2n) is 4.91. The number of carbonyl (C=O) groups is 1. The fourth-order valence-electron chi connectivity index (χ4n) is 1.94. The van der Waals surface area contributed by atoms with E-state index in [1.807, 2.05) is 19.9 Å². The van der Waals surface area contributed by atoms with Gasteiger partial charge in [-0.25, -0.2) is 0 Å². The Morgan fingerprint density at radius 2 is 2.11 bits per heavy atom. The lowest BCUT2D eigenvalue weighted by Crippen LogP contribution is -2.00. The van der Waals surface area contributed by atoms with Crippen LogP contribution in [0.25, 0.3) is 11.6 Å². The molecule has 18 heavy (non-hydrogen) atoms. The summed E-state index contributed by atoms with van der Waals surface area (Å²) in [7, 11) is 0. The molecule has 96 valence electrons. The van der Waals surface area contributed by atoms with Gasteiger partial charge in [-0.3, -0.25) is 0 Å². The van der Waals surface area contributed by atoms with Gasteiger partial charge >= 0.3 is 0 Å². The maximum atomic E-state index is 10.8. The number of hydrogen-bond acceptors (Lipinski definition) is 1. The normalized spacial score (nSPS) is 13.2. The number of carbonyl (C=O) groups excluding carboxylic acids is 1. The second-order valence-corrected chi connectivity index (χ2v) is 4.91. The van der Waals surface area contributed by atoms with Crippen LogP contribution >= 0.6 is 0 Å². The number of benzene rings is 1. The van der Waals surface area contributed by atoms with Gasteiger partial charge in [0.1, 0.15) is 6.29 Å². The van der Waals surface area contributed by atoms with Crippen molar-refractivity contribution in [2.75, 3.05) is 0 Å². The van der Waals surface area contributed by atoms with E-state index < -0.39 is 0 Å². The van der Waals surface area contributed by atoms with Gasteiger partial charge in [-0.1, -0.05) is 48.9 Å². The minimum atomic E-state index is 0.144. The van der Waals surface area contributed by atoms with Crippen molar-refractivity contribution in [2.45, 2.75) is 33.6 Å². The highest BCUT2D eigenvalue weighted by Gasteiger charge is 2.05. The van der Waals surface area contributed by atoms with Gasteiger partial charge in [0.2, 0.25) is 0 Å². The van der Waals surface area contributed by atoms with Gasteiger partial charge in [-0.15, -0.1) is 0 Å². The van der Waals surface area contributed by atoms with Crippen LogP contribution < -0.4 is 0 Å². The Hall–Kier alpha value is -1.63. The molecule has 0 aromatic heterocycles. The van der Waals surface area contributed by atoms with Crippen LogP contribution in [0.3, 0.4) is 0 Å². The summed E-state index contributed by atoms with van der Waals surface area (Å²) in [5.41, 5.74) is 4.66. The van der Waals surface area contributed by atoms with Gasteiger partial charge in [-0.2, -0.15) is 0 Å². The highest BCUT2D eigenvalue weighted by Crippen LogP contribution is 2.19. The van der Waals surface area contributed by atoms with Gasteiger partial charge in [0.05, 0.1) is 0 Å². The largest absolute Gasteiger partial charge is 0.303 e. The van der Waals surface area contributed by atoms with E-state index in [2.05, 4.69) is 37.8 Å². The van der Waals surface area contributed by atoms with E-state index in [0.29, 0.717) is 0 Å². The first-order valence-corrected chi connectivity index (χ1v) is 6.45. The van der Waals surface area contributed by atoms with Crippen molar-refractivity contribution < 1.29 is 4.79 Å². The molecule has 0 amide bonds. The van der Waals surface area contributed by atoms with Crippen molar-refractivity contribution in [1.29, 1.82) is 0 Å². The van der Waals surface area contributed by atoms with Crippen LogP contribution in [0.2, 0.25) is 0 Å². The van der Waals surface area contributed by atoms with Crippen molar-refractivity contribution >= 4 is 17.9 Å². The summed E-state index contributed by atoms with van der Waals surface area (Å²) in [4.78, 5) is 10.8. The molecule has 0 fully saturated rings. The zero-order valence-electron chi connectivity index (χ0n) is 11.6. The van der Waals surface area contributed by atoms with Crippen LogP contribution in [0.4, 0.5) is 0 Å². The monoisotopic (exact) mass is 242 g/mol.